The molecular formula is C35H25ClFNO5. The molecule has 4 aromatic rings. The Hall–Kier alpha value is -4.75. The Morgan fingerprint density at radius 1 is 0.884 bits per heavy atom. The van der Waals surface area contributed by atoms with Crippen molar-refractivity contribution >= 4 is 40.7 Å². The second kappa shape index (κ2) is 9.92. The summed E-state index contributed by atoms with van der Waals surface area (Å²) in [4.78, 5) is 46.1. The Morgan fingerprint density at radius 3 is 2.23 bits per heavy atom. The van der Waals surface area contributed by atoms with Crippen molar-refractivity contribution in [1.82, 2.24) is 0 Å². The van der Waals surface area contributed by atoms with Gasteiger partial charge in [-0.05, 0) is 54.1 Å². The number of methoxy groups -OCH3 is 2. The van der Waals surface area contributed by atoms with Gasteiger partial charge in [0.15, 0.2) is 17.3 Å². The number of hydrogen-bond donors (Lipinski definition) is 0. The lowest BCUT2D eigenvalue weighted by atomic mass is 9.64. The zero-order chi connectivity index (χ0) is 30.0. The van der Waals surface area contributed by atoms with E-state index < -0.39 is 29.2 Å². The number of hydrogen-bond acceptors (Lipinski definition) is 6. The highest BCUT2D eigenvalue weighted by atomic mass is 35.5. The number of nitrogens with zero attached hydrogens (tertiary/aromatic N) is 1. The number of carbonyl (C=O) groups is 3. The quantitative estimate of drug-likeness (QED) is 0.187. The predicted octanol–water partition coefficient (Wildman–Crippen LogP) is 6.81. The molecule has 2 aliphatic heterocycles. The molecule has 8 heteroatoms. The molecule has 214 valence electrons. The number of benzene rings is 4. The summed E-state index contributed by atoms with van der Waals surface area (Å²) in [5, 5.41) is 0.506. The lowest BCUT2D eigenvalue weighted by Gasteiger charge is -2.37. The molecule has 43 heavy (non-hydrogen) atoms. The molecule has 0 saturated carbocycles. The van der Waals surface area contributed by atoms with Crippen LogP contribution < -0.4 is 14.4 Å². The zero-order valence-corrected chi connectivity index (χ0v) is 24.0. The van der Waals surface area contributed by atoms with E-state index in [2.05, 4.69) is 0 Å². The fourth-order valence-electron chi connectivity index (χ4n) is 7.15. The van der Waals surface area contributed by atoms with E-state index in [1.54, 1.807) is 60.7 Å². The molecule has 7 rings (SSSR count). The first-order valence-corrected chi connectivity index (χ1v) is 14.2. The molecule has 4 aromatic carbocycles. The Bertz CT molecular complexity index is 1830. The van der Waals surface area contributed by atoms with Gasteiger partial charge in [-0.3, -0.25) is 14.4 Å². The molecule has 0 unspecified atom stereocenters. The number of ketones is 3. The van der Waals surface area contributed by atoms with Crippen LogP contribution in [0.1, 0.15) is 48.1 Å². The lowest BCUT2D eigenvalue weighted by Crippen LogP contribution is -2.48. The molecule has 0 amide bonds. The van der Waals surface area contributed by atoms with Gasteiger partial charge in [0.1, 0.15) is 28.8 Å². The molecule has 1 spiro atoms. The summed E-state index contributed by atoms with van der Waals surface area (Å²) in [6.45, 7) is 0. The Balaban J connectivity index is 1.57. The van der Waals surface area contributed by atoms with E-state index in [-0.39, 0.29) is 22.9 Å². The number of Topliss-reactive ketones (excluding diaryl/α,β-unsaturated/α-hetero) is 3. The number of carbonyl (C=O) groups excluding carboxylic acids is 3. The molecule has 0 aromatic heterocycles. The van der Waals surface area contributed by atoms with Crippen LogP contribution in [0.25, 0.3) is 6.08 Å². The summed E-state index contributed by atoms with van der Waals surface area (Å²) in [6, 6.07) is 20.7. The molecule has 1 aliphatic carbocycles. The van der Waals surface area contributed by atoms with Crippen molar-refractivity contribution in [2.24, 2.45) is 5.41 Å². The minimum Gasteiger partial charge on any atom is -0.497 e. The maximum atomic E-state index is 14.8. The van der Waals surface area contributed by atoms with Gasteiger partial charge in [-0.2, -0.15) is 0 Å². The minimum absolute atomic E-state index is 0.250. The Labute approximate surface area is 252 Å². The lowest BCUT2D eigenvalue weighted by molar-refractivity contribution is 0.0665. The van der Waals surface area contributed by atoms with Crippen molar-refractivity contribution in [2.45, 2.75) is 18.0 Å². The highest BCUT2D eigenvalue weighted by molar-refractivity contribution is 6.33. The molecular weight excluding hydrogens is 569 g/mol. The first-order chi connectivity index (χ1) is 20.8. The monoisotopic (exact) mass is 593 g/mol. The number of halogens is 2. The molecule has 0 bridgehead atoms. The molecule has 3 atom stereocenters. The summed E-state index contributed by atoms with van der Waals surface area (Å²) in [7, 11) is 3.02. The van der Waals surface area contributed by atoms with Crippen LogP contribution in [0.3, 0.4) is 0 Å². The van der Waals surface area contributed by atoms with E-state index in [1.807, 2.05) is 17.1 Å². The predicted molar refractivity (Wildman–Crippen MR) is 161 cm³/mol. The van der Waals surface area contributed by atoms with E-state index in [1.165, 1.54) is 38.5 Å². The van der Waals surface area contributed by atoms with Crippen LogP contribution in [-0.4, -0.2) is 43.7 Å². The Morgan fingerprint density at radius 2 is 1.58 bits per heavy atom. The number of rotatable bonds is 5. The van der Waals surface area contributed by atoms with Crippen LogP contribution in [0.2, 0.25) is 5.02 Å². The molecule has 1 fully saturated rings. The van der Waals surface area contributed by atoms with Crippen LogP contribution in [0.4, 0.5) is 10.1 Å². The summed E-state index contributed by atoms with van der Waals surface area (Å²) in [5.74, 6) is -1.67. The number of ether oxygens (including phenoxy) is 2. The minimum atomic E-state index is -1.71. The highest BCUT2D eigenvalue weighted by Gasteiger charge is 2.72. The first kappa shape index (κ1) is 27.1. The second-order valence-electron chi connectivity index (χ2n) is 10.9. The zero-order valence-electron chi connectivity index (χ0n) is 23.2. The van der Waals surface area contributed by atoms with Gasteiger partial charge in [0.2, 0.25) is 0 Å². The third kappa shape index (κ3) is 3.74. The third-order valence-electron chi connectivity index (χ3n) is 8.94. The summed E-state index contributed by atoms with van der Waals surface area (Å²) < 4.78 is 25.2. The van der Waals surface area contributed by atoms with E-state index in [9.17, 15) is 18.8 Å². The van der Waals surface area contributed by atoms with E-state index in [0.29, 0.717) is 38.9 Å². The van der Waals surface area contributed by atoms with Crippen molar-refractivity contribution in [1.29, 1.82) is 0 Å². The molecule has 2 heterocycles. The molecule has 0 N–H and O–H groups in total. The van der Waals surface area contributed by atoms with Gasteiger partial charge in [-0.15, -0.1) is 0 Å². The van der Waals surface area contributed by atoms with Crippen LogP contribution >= 0.6 is 11.6 Å². The van der Waals surface area contributed by atoms with Crippen molar-refractivity contribution in [3.63, 3.8) is 0 Å². The topological polar surface area (TPSA) is 72.9 Å². The van der Waals surface area contributed by atoms with Crippen molar-refractivity contribution < 1.29 is 28.2 Å². The summed E-state index contributed by atoms with van der Waals surface area (Å²) in [5.41, 5.74) is 1.08. The van der Waals surface area contributed by atoms with Gasteiger partial charge in [0.05, 0.1) is 20.3 Å². The molecule has 6 nitrogen and oxygen atoms in total. The van der Waals surface area contributed by atoms with E-state index >= 15 is 0 Å². The van der Waals surface area contributed by atoms with Gasteiger partial charge in [-0.25, -0.2) is 4.39 Å². The van der Waals surface area contributed by atoms with E-state index in [0.717, 1.165) is 5.56 Å². The third-order valence-corrected chi connectivity index (χ3v) is 9.17. The van der Waals surface area contributed by atoms with Gasteiger partial charge in [-0.1, -0.05) is 54.1 Å². The summed E-state index contributed by atoms with van der Waals surface area (Å²) in [6.07, 6.45) is 3.67. The molecule has 1 saturated heterocycles. The maximum absolute atomic E-state index is 14.8. The molecule has 3 aliphatic rings. The van der Waals surface area contributed by atoms with E-state index in [4.69, 9.17) is 21.1 Å². The standard InChI is InChI=1S/C35H25ClFNO5/c1-42-23-13-14-26(28(18-23)43-2)30-31(32(39)19-7-11-22(37)12-8-19)38-27-15-10-21(36)17-20(27)9-16-29(38)35(30)33(40)24-5-3-4-6-25(24)34(35)41/h3-18,29-31H,1-2H3/t29-,30-,31+/m0/s1. The van der Waals surface area contributed by atoms with Crippen molar-refractivity contribution in [3.8, 4) is 11.5 Å². The Kier molecular flexibility index (Phi) is 6.25. The van der Waals surface area contributed by atoms with Gasteiger partial charge in [0.25, 0.3) is 0 Å². The van der Waals surface area contributed by atoms with Gasteiger partial charge >= 0.3 is 0 Å². The van der Waals surface area contributed by atoms with Crippen molar-refractivity contribution in [2.75, 3.05) is 19.1 Å². The SMILES string of the molecule is COc1ccc([C@H]2[C@H](C(=O)c3ccc(F)cc3)N3c4ccc(Cl)cc4C=C[C@H]3C23C(=O)c2ccccc2C3=O)c(OC)c1. The largest absolute Gasteiger partial charge is 0.497 e. The van der Waals surface area contributed by atoms with Crippen molar-refractivity contribution in [3.05, 3.63) is 130 Å². The average Bonchev–Trinajstić information content (AvgIpc) is 3.46. The average molecular weight is 594 g/mol. The van der Waals surface area contributed by atoms with Gasteiger partial charge in [0, 0.05) is 44.9 Å². The highest BCUT2D eigenvalue weighted by Crippen LogP contribution is 2.62. The summed E-state index contributed by atoms with van der Waals surface area (Å²) >= 11 is 6.36. The maximum Gasteiger partial charge on any atom is 0.185 e. The number of anilines is 1. The smallest absolute Gasteiger partial charge is 0.185 e. The second-order valence-corrected chi connectivity index (χ2v) is 11.3. The molecule has 0 radical (unpaired) electrons. The number of fused-ring (bicyclic) bond motifs is 5. The van der Waals surface area contributed by atoms with Gasteiger partial charge < -0.3 is 14.4 Å². The van der Waals surface area contributed by atoms with Crippen LogP contribution in [0.5, 0.6) is 11.5 Å². The normalized spacial score (nSPS) is 21.0. The fraction of sp³-hybridized carbons (Fsp3) is 0.171. The first-order valence-electron chi connectivity index (χ1n) is 13.8. The van der Waals surface area contributed by atoms with Crippen LogP contribution in [-0.2, 0) is 0 Å². The fourth-order valence-corrected chi connectivity index (χ4v) is 7.33. The van der Waals surface area contributed by atoms with Crippen LogP contribution in [0.15, 0.2) is 91.0 Å². The van der Waals surface area contributed by atoms with Crippen LogP contribution in [0, 0.1) is 11.2 Å².